The summed E-state index contributed by atoms with van der Waals surface area (Å²) in [5.74, 6) is -0.0890. The van der Waals surface area contributed by atoms with Gasteiger partial charge in [0.05, 0.1) is 9.79 Å². The molecule has 4 rings (SSSR count). The third kappa shape index (κ3) is 5.61. The first-order valence-electron chi connectivity index (χ1n) is 10.4. The molecule has 11 heteroatoms. The number of sulfonamides is 2. The van der Waals surface area contributed by atoms with Gasteiger partial charge >= 0.3 is 0 Å². The Balaban J connectivity index is 1.45. The van der Waals surface area contributed by atoms with Crippen LogP contribution in [0, 0.1) is 0 Å². The molecule has 1 aliphatic heterocycles. The number of benzene rings is 3. The summed E-state index contributed by atoms with van der Waals surface area (Å²) in [5, 5.41) is 2.64. The third-order valence-electron chi connectivity index (χ3n) is 4.98. The molecule has 0 unspecified atom stereocenters. The van der Waals surface area contributed by atoms with Gasteiger partial charge in [0.15, 0.2) is 0 Å². The molecular weight excluding hydrogens is 476 g/mol. The van der Waals surface area contributed by atoms with Crippen LogP contribution < -0.4 is 14.8 Å². The van der Waals surface area contributed by atoms with Crippen molar-refractivity contribution in [2.45, 2.75) is 22.6 Å². The highest BCUT2D eigenvalue weighted by Crippen LogP contribution is 2.19. The number of amidine groups is 1. The Bertz CT molecular complexity index is 1440. The van der Waals surface area contributed by atoms with Crippen molar-refractivity contribution in [3.8, 4) is 0 Å². The maximum absolute atomic E-state index is 12.6. The minimum absolute atomic E-state index is 0.00175. The first-order valence-corrected chi connectivity index (χ1v) is 13.4. The average Bonchev–Trinajstić information content (AvgIpc) is 3.32. The number of hydrogen-bond donors (Lipinski definition) is 3. The summed E-state index contributed by atoms with van der Waals surface area (Å²) in [5.41, 5.74) is 0.919. The van der Waals surface area contributed by atoms with Crippen LogP contribution >= 0.6 is 0 Å². The molecule has 1 aliphatic rings. The van der Waals surface area contributed by atoms with E-state index in [1.807, 2.05) is 0 Å². The van der Waals surface area contributed by atoms with E-state index >= 15 is 0 Å². The summed E-state index contributed by atoms with van der Waals surface area (Å²) in [6, 6.07) is 19.7. The van der Waals surface area contributed by atoms with Gasteiger partial charge in [-0.15, -0.1) is 0 Å². The Kier molecular flexibility index (Phi) is 6.66. The molecule has 34 heavy (non-hydrogen) atoms. The molecule has 1 heterocycles. The van der Waals surface area contributed by atoms with Gasteiger partial charge in [-0.05, 0) is 61.0 Å². The standard InChI is InChI=1S/C23H22N4O5S2/c28-23(17-11-13-20(14-12-17)33(29,30)26-18-6-2-1-3-7-18)25-19-8-4-9-21(16-19)34(31,32)27-22-10-5-15-24-22/h1-4,6-9,11-14,16,26H,5,10,15H2,(H,24,27)(H,25,28). The number of aliphatic imine (C=N–C) groups is 1. The topological polar surface area (TPSA) is 134 Å². The highest BCUT2D eigenvalue weighted by Gasteiger charge is 2.19. The predicted octanol–water partition coefficient (Wildman–Crippen LogP) is 3.21. The lowest BCUT2D eigenvalue weighted by Crippen LogP contribution is -2.29. The van der Waals surface area contributed by atoms with E-state index in [-0.39, 0.29) is 21.0 Å². The monoisotopic (exact) mass is 498 g/mol. The lowest BCUT2D eigenvalue weighted by Gasteiger charge is -2.11. The molecule has 0 aliphatic carbocycles. The molecule has 176 valence electrons. The SMILES string of the molecule is O=C(Nc1cccc(S(=O)(=O)NC2=NCCC2)c1)c1ccc(S(=O)(=O)Nc2ccccc2)cc1. The number of amides is 1. The first kappa shape index (κ1) is 23.5. The number of carbonyl (C=O) groups is 1. The van der Waals surface area contributed by atoms with Gasteiger partial charge in [-0.25, -0.2) is 16.8 Å². The molecule has 0 fully saturated rings. The number of nitrogens with zero attached hydrogens (tertiary/aromatic N) is 1. The summed E-state index contributed by atoms with van der Waals surface area (Å²) in [6.07, 6.45) is 1.37. The quantitative estimate of drug-likeness (QED) is 0.460. The van der Waals surface area contributed by atoms with Gasteiger partial charge in [-0.1, -0.05) is 24.3 Å². The highest BCUT2D eigenvalue weighted by molar-refractivity contribution is 7.92. The van der Waals surface area contributed by atoms with E-state index in [1.54, 1.807) is 36.4 Å². The molecule has 1 amide bonds. The molecule has 0 bridgehead atoms. The first-order chi connectivity index (χ1) is 16.2. The van der Waals surface area contributed by atoms with E-state index < -0.39 is 26.0 Å². The molecule has 3 aromatic rings. The summed E-state index contributed by atoms with van der Waals surface area (Å²) in [4.78, 5) is 16.8. The molecule has 0 aromatic heterocycles. The van der Waals surface area contributed by atoms with Crippen LogP contribution in [0.3, 0.4) is 0 Å². The van der Waals surface area contributed by atoms with Gasteiger partial charge in [-0.2, -0.15) is 0 Å². The Morgan fingerprint density at radius 2 is 1.41 bits per heavy atom. The third-order valence-corrected chi connectivity index (χ3v) is 7.76. The summed E-state index contributed by atoms with van der Waals surface area (Å²) in [6.45, 7) is 0.594. The number of para-hydroxylation sites is 1. The molecule has 0 radical (unpaired) electrons. The molecule has 0 atom stereocenters. The van der Waals surface area contributed by atoms with E-state index in [9.17, 15) is 21.6 Å². The van der Waals surface area contributed by atoms with Crippen molar-refractivity contribution in [3.05, 3.63) is 84.4 Å². The van der Waals surface area contributed by atoms with Crippen LogP contribution in [0.4, 0.5) is 11.4 Å². The van der Waals surface area contributed by atoms with E-state index in [4.69, 9.17) is 0 Å². The smallest absolute Gasteiger partial charge is 0.262 e. The van der Waals surface area contributed by atoms with Crippen LogP contribution in [-0.2, 0) is 20.0 Å². The number of carbonyl (C=O) groups excluding carboxylic acids is 1. The summed E-state index contributed by atoms with van der Waals surface area (Å²) in [7, 11) is -7.63. The Morgan fingerprint density at radius 1 is 0.735 bits per heavy atom. The van der Waals surface area contributed by atoms with Crippen molar-refractivity contribution >= 4 is 43.2 Å². The molecule has 9 nitrogen and oxygen atoms in total. The van der Waals surface area contributed by atoms with Gasteiger partial charge in [0.2, 0.25) is 0 Å². The van der Waals surface area contributed by atoms with Crippen molar-refractivity contribution in [2.24, 2.45) is 4.99 Å². The number of hydrogen-bond acceptors (Lipinski definition) is 6. The Hall–Kier alpha value is -3.70. The molecule has 0 spiro atoms. The molecule has 0 saturated heterocycles. The predicted molar refractivity (Wildman–Crippen MR) is 130 cm³/mol. The van der Waals surface area contributed by atoms with Crippen LogP contribution in [0.1, 0.15) is 23.2 Å². The van der Waals surface area contributed by atoms with E-state index in [0.29, 0.717) is 24.5 Å². The molecular formula is C23H22N4O5S2. The highest BCUT2D eigenvalue weighted by atomic mass is 32.2. The fraction of sp³-hybridized carbons (Fsp3) is 0.130. The average molecular weight is 499 g/mol. The zero-order valence-corrected chi connectivity index (χ0v) is 19.6. The fourth-order valence-corrected chi connectivity index (χ4v) is 5.48. The zero-order chi connectivity index (χ0) is 24.2. The molecule has 3 aromatic carbocycles. The number of nitrogens with one attached hydrogen (secondary N) is 3. The van der Waals surface area contributed by atoms with Gasteiger partial charge in [-0.3, -0.25) is 19.2 Å². The van der Waals surface area contributed by atoms with Crippen molar-refractivity contribution in [1.82, 2.24) is 4.72 Å². The molecule has 3 N–H and O–H groups in total. The minimum Gasteiger partial charge on any atom is -0.322 e. The largest absolute Gasteiger partial charge is 0.322 e. The Morgan fingerprint density at radius 3 is 2.09 bits per heavy atom. The van der Waals surface area contributed by atoms with E-state index in [0.717, 1.165) is 6.42 Å². The van der Waals surface area contributed by atoms with Gasteiger partial charge in [0, 0.05) is 29.9 Å². The second-order valence-corrected chi connectivity index (χ2v) is 10.9. The van der Waals surface area contributed by atoms with E-state index in [1.165, 1.54) is 42.5 Å². The van der Waals surface area contributed by atoms with Gasteiger partial charge in [0.25, 0.3) is 26.0 Å². The van der Waals surface area contributed by atoms with Gasteiger partial charge < -0.3 is 5.32 Å². The fourth-order valence-electron chi connectivity index (χ4n) is 3.29. The Labute approximate surface area is 198 Å². The lowest BCUT2D eigenvalue weighted by atomic mass is 10.2. The minimum atomic E-state index is -3.82. The van der Waals surface area contributed by atoms with Crippen LogP contribution in [0.5, 0.6) is 0 Å². The van der Waals surface area contributed by atoms with Crippen molar-refractivity contribution in [3.63, 3.8) is 0 Å². The van der Waals surface area contributed by atoms with Crippen molar-refractivity contribution in [1.29, 1.82) is 0 Å². The maximum Gasteiger partial charge on any atom is 0.262 e. The normalized spacial score (nSPS) is 13.7. The van der Waals surface area contributed by atoms with Gasteiger partial charge in [0.1, 0.15) is 5.84 Å². The number of anilines is 2. The van der Waals surface area contributed by atoms with E-state index in [2.05, 4.69) is 19.8 Å². The van der Waals surface area contributed by atoms with Crippen molar-refractivity contribution < 1.29 is 21.6 Å². The summed E-state index contributed by atoms with van der Waals surface area (Å²) >= 11 is 0. The van der Waals surface area contributed by atoms with Crippen LogP contribution in [0.15, 0.2) is 93.6 Å². The van der Waals surface area contributed by atoms with Crippen molar-refractivity contribution in [2.75, 3.05) is 16.6 Å². The second kappa shape index (κ2) is 9.65. The van der Waals surface area contributed by atoms with Crippen LogP contribution in [0.2, 0.25) is 0 Å². The van der Waals surface area contributed by atoms with Crippen LogP contribution in [-0.4, -0.2) is 35.1 Å². The zero-order valence-electron chi connectivity index (χ0n) is 17.9. The molecule has 0 saturated carbocycles. The summed E-state index contributed by atoms with van der Waals surface area (Å²) < 4.78 is 55.2. The second-order valence-electron chi connectivity index (χ2n) is 7.52. The maximum atomic E-state index is 12.6. The lowest BCUT2D eigenvalue weighted by molar-refractivity contribution is 0.102. The number of rotatable bonds is 7. The van der Waals surface area contributed by atoms with Crippen LogP contribution in [0.25, 0.3) is 0 Å².